The summed E-state index contributed by atoms with van der Waals surface area (Å²) in [6, 6.07) is 3.76. The topological polar surface area (TPSA) is 76.7 Å². The fourth-order valence-corrected chi connectivity index (χ4v) is 3.52. The van der Waals surface area contributed by atoms with Crippen LogP contribution >= 0.6 is 11.3 Å². The molecule has 2 aromatic heterocycles. The van der Waals surface area contributed by atoms with E-state index < -0.39 is 11.9 Å². The minimum atomic E-state index is -0.993. The van der Waals surface area contributed by atoms with Crippen LogP contribution in [-0.4, -0.2) is 24.0 Å². The maximum absolute atomic E-state index is 12.4. The van der Waals surface area contributed by atoms with Gasteiger partial charge in [0.05, 0.1) is 19.3 Å². The van der Waals surface area contributed by atoms with E-state index in [9.17, 15) is 9.59 Å². The van der Waals surface area contributed by atoms with Gasteiger partial charge < -0.3 is 14.3 Å². The Bertz CT molecular complexity index is 969. The lowest BCUT2D eigenvalue weighted by molar-refractivity contribution is -0.141. The van der Waals surface area contributed by atoms with Crippen LogP contribution in [0.15, 0.2) is 22.6 Å². The van der Waals surface area contributed by atoms with Crippen LogP contribution in [0.4, 0.5) is 0 Å². The van der Waals surface area contributed by atoms with Crippen LogP contribution in [0.25, 0.3) is 21.1 Å². The molecule has 3 rings (SSSR count). The quantitative estimate of drug-likeness (QED) is 0.706. The van der Waals surface area contributed by atoms with Crippen LogP contribution in [0, 0.1) is 12.8 Å². The largest absolute Gasteiger partial charge is 0.493 e. The molecule has 1 atom stereocenters. The number of carboxylic acids is 1. The van der Waals surface area contributed by atoms with E-state index in [2.05, 4.69) is 0 Å². The summed E-state index contributed by atoms with van der Waals surface area (Å²) in [5.74, 6) is -0.953. The van der Waals surface area contributed by atoms with Crippen LogP contribution in [-0.2, 0) is 4.79 Å². The lowest BCUT2D eigenvalue weighted by Crippen LogP contribution is -2.13. The summed E-state index contributed by atoms with van der Waals surface area (Å²) in [6.07, 6.45) is -0.0550. The number of methoxy groups -OCH3 is 1. The van der Waals surface area contributed by atoms with Gasteiger partial charge in [-0.3, -0.25) is 9.59 Å². The van der Waals surface area contributed by atoms with Crippen LogP contribution < -0.4 is 4.74 Å². The molecule has 0 fully saturated rings. The normalized spacial score (nSPS) is 13.3. The van der Waals surface area contributed by atoms with E-state index in [0.29, 0.717) is 27.4 Å². The van der Waals surface area contributed by atoms with Gasteiger partial charge in [0.15, 0.2) is 17.1 Å². The third kappa shape index (κ3) is 2.70. The molecule has 0 spiro atoms. The Balaban J connectivity index is 2.16. The number of benzene rings is 1. The van der Waals surface area contributed by atoms with Crippen molar-refractivity contribution < 1.29 is 25.2 Å². The highest BCUT2D eigenvalue weighted by Gasteiger charge is 2.20. The van der Waals surface area contributed by atoms with Crippen LogP contribution in [0.3, 0.4) is 0 Å². The molecule has 0 aliphatic rings. The Morgan fingerprint density at radius 2 is 2.17 bits per heavy atom. The van der Waals surface area contributed by atoms with E-state index in [1.54, 1.807) is 19.1 Å². The third-order valence-electron chi connectivity index (χ3n) is 3.71. The number of hydrogen-bond acceptors (Lipinski definition) is 5. The number of furan rings is 1. The van der Waals surface area contributed by atoms with Crippen molar-refractivity contribution >= 4 is 44.1 Å². The SMILES string of the molecule is [2H]c1c(C)oc2c(OC)cc3sc(C(=O)CC(C)C(=O)O)cc3c12. The van der Waals surface area contributed by atoms with Crippen LogP contribution in [0.1, 0.15) is 30.1 Å². The summed E-state index contributed by atoms with van der Waals surface area (Å²) >= 11 is 1.27. The van der Waals surface area contributed by atoms with Crippen molar-refractivity contribution in [1.82, 2.24) is 0 Å². The average Bonchev–Trinajstić information content (AvgIpc) is 3.08. The van der Waals surface area contributed by atoms with Crippen molar-refractivity contribution in [3.8, 4) is 5.75 Å². The molecule has 1 unspecified atom stereocenters. The van der Waals surface area contributed by atoms with Crippen molar-refractivity contribution in [2.45, 2.75) is 20.3 Å². The van der Waals surface area contributed by atoms with E-state index in [1.165, 1.54) is 25.4 Å². The summed E-state index contributed by atoms with van der Waals surface area (Å²) in [4.78, 5) is 23.8. The molecule has 3 aromatic rings. The zero-order chi connectivity index (χ0) is 17.6. The second-order valence-corrected chi connectivity index (χ2v) is 6.54. The van der Waals surface area contributed by atoms with Gasteiger partial charge in [0, 0.05) is 28.0 Å². The first kappa shape index (κ1) is 14.3. The van der Waals surface area contributed by atoms with Gasteiger partial charge >= 0.3 is 5.97 Å². The van der Waals surface area contributed by atoms with E-state index in [1.807, 2.05) is 0 Å². The van der Waals surface area contributed by atoms with Crippen molar-refractivity contribution in [3.05, 3.63) is 28.8 Å². The van der Waals surface area contributed by atoms with Gasteiger partial charge in [-0.1, -0.05) is 6.92 Å². The summed E-state index contributed by atoms with van der Waals surface area (Å²) in [5, 5.41) is 10.3. The third-order valence-corrected chi connectivity index (χ3v) is 4.83. The van der Waals surface area contributed by atoms with Gasteiger partial charge in [0.25, 0.3) is 0 Å². The molecule has 6 heteroatoms. The first-order valence-electron chi connectivity index (χ1n) is 7.59. The van der Waals surface area contributed by atoms with Gasteiger partial charge in [-0.2, -0.15) is 0 Å². The van der Waals surface area contributed by atoms with Gasteiger partial charge in [0.2, 0.25) is 0 Å². The van der Waals surface area contributed by atoms with Crippen LogP contribution in [0.2, 0.25) is 0 Å². The Morgan fingerprint density at radius 1 is 1.43 bits per heavy atom. The minimum Gasteiger partial charge on any atom is -0.493 e. The van der Waals surface area contributed by atoms with Gasteiger partial charge in [-0.15, -0.1) is 11.3 Å². The molecular weight excluding hydrogens is 316 g/mol. The molecule has 1 aromatic carbocycles. The van der Waals surface area contributed by atoms with Crippen LogP contribution in [0.5, 0.6) is 5.75 Å². The molecule has 1 N–H and O–H groups in total. The second kappa shape index (κ2) is 5.70. The number of thiophene rings is 1. The molecule has 0 amide bonds. The van der Waals surface area contributed by atoms with Crippen molar-refractivity contribution in [2.75, 3.05) is 7.11 Å². The number of Topliss-reactive ketones (excluding diaryl/α,β-unsaturated/α-hetero) is 1. The molecular formula is C17H16O5S. The number of carbonyl (C=O) groups excluding carboxylic acids is 1. The first-order chi connectivity index (χ1) is 11.3. The molecule has 120 valence electrons. The Hall–Kier alpha value is -2.34. The van der Waals surface area contributed by atoms with Gasteiger partial charge in [-0.05, 0) is 19.0 Å². The Labute approximate surface area is 137 Å². The summed E-state index contributed by atoms with van der Waals surface area (Å²) in [5.41, 5.74) is 0.489. The number of carbonyl (C=O) groups is 2. The Kier molecular flexibility index (Phi) is 3.53. The van der Waals surface area contributed by atoms with Gasteiger partial charge in [-0.25, -0.2) is 0 Å². The number of hydrogen-bond donors (Lipinski definition) is 1. The fraction of sp³-hybridized carbons (Fsp3) is 0.294. The van der Waals surface area contributed by atoms with E-state index in [-0.39, 0.29) is 18.2 Å². The minimum absolute atomic E-state index is 0.0550. The number of ether oxygens (including phenoxy) is 1. The first-order valence-corrected chi connectivity index (χ1v) is 7.91. The predicted molar refractivity (Wildman–Crippen MR) is 88.6 cm³/mol. The number of carboxylic acid groups (broad SMARTS) is 1. The second-order valence-electron chi connectivity index (χ2n) is 5.46. The van der Waals surface area contributed by atoms with Crippen molar-refractivity contribution in [3.63, 3.8) is 0 Å². The predicted octanol–water partition coefficient (Wildman–Crippen LogP) is 4.26. The molecule has 23 heavy (non-hydrogen) atoms. The highest BCUT2D eigenvalue weighted by Crippen LogP contribution is 2.39. The standard InChI is InChI=1S/C17H16O5S/c1-8(17(19)20)4-12(18)15-6-10-11-5-9(2)22-16(11)13(21-3)7-14(10)23-15/h5-8H,4H2,1-3H3,(H,19,20)/i5D. The lowest BCUT2D eigenvalue weighted by atomic mass is 10.0. The number of fused-ring (bicyclic) bond motifs is 3. The molecule has 0 bridgehead atoms. The summed E-state index contributed by atoms with van der Waals surface area (Å²) < 4.78 is 20.0. The van der Waals surface area contributed by atoms with Gasteiger partial charge in [0.1, 0.15) is 5.76 Å². The molecule has 2 heterocycles. The number of aliphatic carboxylic acids is 1. The molecule has 0 aliphatic carbocycles. The smallest absolute Gasteiger partial charge is 0.306 e. The molecule has 0 radical (unpaired) electrons. The fourth-order valence-electron chi connectivity index (χ4n) is 2.47. The monoisotopic (exact) mass is 333 g/mol. The molecule has 5 nitrogen and oxygen atoms in total. The average molecular weight is 333 g/mol. The van der Waals surface area contributed by atoms with Crippen molar-refractivity contribution in [2.24, 2.45) is 5.92 Å². The zero-order valence-corrected chi connectivity index (χ0v) is 13.7. The van der Waals surface area contributed by atoms with E-state index in [4.69, 9.17) is 15.6 Å². The Morgan fingerprint density at radius 3 is 2.83 bits per heavy atom. The highest BCUT2D eigenvalue weighted by molar-refractivity contribution is 7.21. The lowest BCUT2D eigenvalue weighted by Gasteiger charge is -2.02. The highest BCUT2D eigenvalue weighted by atomic mass is 32.1. The van der Waals surface area contributed by atoms with E-state index in [0.717, 1.165) is 10.1 Å². The number of aryl methyl sites for hydroxylation is 1. The molecule has 0 aliphatic heterocycles. The molecule has 0 saturated carbocycles. The van der Waals surface area contributed by atoms with Crippen molar-refractivity contribution in [1.29, 1.82) is 0 Å². The molecule has 0 saturated heterocycles. The van der Waals surface area contributed by atoms with E-state index >= 15 is 0 Å². The maximum atomic E-state index is 12.4. The maximum Gasteiger partial charge on any atom is 0.306 e. The number of rotatable bonds is 5. The number of ketones is 1. The summed E-state index contributed by atoms with van der Waals surface area (Å²) in [7, 11) is 1.52. The zero-order valence-electron chi connectivity index (χ0n) is 13.9. The summed E-state index contributed by atoms with van der Waals surface area (Å²) in [6.45, 7) is 3.22.